The van der Waals surface area contributed by atoms with E-state index < -0.39 is 5.91 Å². The molecule has 0 spiro atoms. The van der Waals surface area contributed by atoms with Crippen LogP contribution in [0.3, 0.4) is 0 Å². The van der Waals surface area contributed by atoms with E-state index in [2.05, 4.69) is 4.90 Å². The van der Waals surface area contributed by atoms with Gasteiger partial charge >= 0.3 is 0 Å². The Balaban J connectivity index is 1.94. The number of benzene rings is 2. The van der Waals surface area contributed by atoms with Crippen molar-refractivity contribution in [2.75, 3.05) is 46.4 Å². The molecule has 2 N–H and O–H groups in total. The number of carbonyl (C=O) groups excluding carboxylic acids is 2. The summed E-state index contributed by atoms with van der Waals surface area (Å²) in [6.07, 6.45) is 1.94. The molecule has 0 radical (unpaired) electrons. The number of hydrogen-bond acceptors (Lipinski definition) is 4. The molecular formula is C27H35N3O3. The number of nitrogens with two attached hydrogens (primary N) is 1. The van der Waals surface area contributed by atoms with Gasteiger partial charge in [-0.15, -0.1) is 0 Å². The standard InChI is InChI=1S/C27H35N3O3/c1-4-30(5-2)27(32)24-12-8-21(9-13-24)25(20-6-10-23(11-7-20)26(28)31)22-14-16-29(17-15-22)18-19-33-3/h6-13H,4-5,14-19H2,1-3H3,(H2,28,31). The van der Waals surface area contributed by atoms with Gasteiger partial charge < -0.3 is 20.3 Å². The Morgan fingerprint density at radius 3 is 1.82 bits per heavy atom. The summed E-state index contributed by atoms with van der Waals surface area (Å²) in [5, 5.41) is 0. The zero-order chi connectivity index (χ0) is 23.8. The Bertz CT molecular complexity index is 967. The maximum atomic E-state index is 12.7. The molecule has 2 aromatic carbocycles. The predicted octanol–water partition coefficient (Wildman–Crippen LogP) is 3.81. The van der Waals surface area contributed by atoms with Gasteiger partial charge in [0.2, 0.25) is 5.91 Å². The van der Waals surface area contributed by atoms with Crippen LogP contribution >= 0.6 is 0 Å². The van der Waals surface area contributed by atoms with E-state index in [9.17, 15) is 9.59 Å². The summed E-state index contributed by atoms with van der Waals surface area (Å²) < 4.78 is 5.23. The molecule has 1 aliphatic heterocycles. The van der Waals surface area contributed by atoms with Gasteiger partial charge in [0.05, 0.1) is 6.61 Å². The lowest BCUT2D eigenvalue weighted by atomic mass is 9.87. The van der Waals surface area contributed by atoms with Gasteiger partial charge in [-0.3, -0.25) is 9.59 Å². The van der Waals surface area contributed by atoms with Gasteiger partial charge in [-0.1, -0.05) is 29.8 Å². The highest BCUT2D eigenvalue weighted by atomic mass is 16.5. The van der Waals surface area contributed by atoms with Crippen molar-refractivity contribution in [1.82, 2.24) is 9.80 Å². The van der Waals surface area contributed by atoms with Crippen LogP contribution in [0.15, 0.2) is 54.1 Å². The summed E-state index contributed by atoms with van der Waals surface area (Å²) in [7, 11) is 1.73. The van der Waals surface area contributed by atoms with Gasteiger partial charge in [0, 0.05) is 51.0 Å². The highest BCUT2D eigenvalue weighted by molar-refractivity contribution is 5.95. The number of ether oxygens (including phenoxy) is 1. The van der Waals surface area contributed by atoms with E-state index in [1.165, 1.54) is 11.1 Å². The second kappa shape index (κ2) is 11.8. The molecule has 2 aromatic rings. The molecule has 0 saturated carbocycles. The third-order valence-electron chi connectivity index (χ3n) is 6.35. The van der Waals surface area contributed by atoms with Crippen LogP contribution in [0.25, 0.3) is 5.57 Å². The zero-order valence-corrected chi connectivity index (χ0v) is 20.0. The summed E-state index contributed by atoms with van der Waals surface area (Å²) in [5.41, 5.74) is 11.3. The highest BCUT2D eigenvalue weighted by Crippen LogP contribution is 2.33. The molecule has 176 valence electrons. The van der Waals surface area contributed by atoms with Crippen LogP contribution in [0, 0.1) is 0 Å². The van der Waals surface area contributed by atoms with E-state index in [0.29, 0.717) is 24.2 Å². The first kappa shape index (κ1) is 24.7. The van der Waals surface area contributed by atoms with Crippen molar-refractivity contribution in [3.05, 3.63) is 76.4 Å². The maximum absolute atomic E-state index is 12.7. The topological polar surface area (TPSA) is 75.9 Å². The van der Waals surface area contributed by atoms with E-state index in [-0.39, 0.29) is 5.91 Å². The number of methoxy groups -OCH3 is 1. The minimum Gasteiger partial charge on any atom is -0.383 e. The molecule has 33 heavy (non-hydrogen) atoms. The first-order valence-electron chi connectivity index (χ1n) is 11.7. The van der Waals surface area contributed by atoms with Crippen LogP contribution in [0.5, 0.6) is 0 Å². The SMILES string of the molecule is CCN(CC)C(=O)c1ccc(C(=C2CCN(CCOC)CC2)c2ccc(C(N)=O)cc2)cc1. The number of amides is 2. The van der Waals surface area contributed by atoms with Crippen LogP contribution in [-0.2, 0) is 4.74 Å². The van der Waals surface area contributed by atoms with E-state index in [0.717, 1.165) is 50.2 Å². The minimum atomic E-state index is -0.429. The Kier molecular flexibility index (Phi) is 8.80. The van der Waals surface area contributed by atoms with Crippen LogP contribution in [-0.4, -0.2) is 68.1 Å². The van der Waals surface area contributed by atoms with Gasteiger partial charge in [0.15, 0.2) is 0 Å². The van der Waals surface area contributed by atoms with E-state index in [1.54, 1.807) is 19.2 Å². The lowest BCUT2D eigenvalue weighted by Crippen LogP contribution is -2.33. The summed E-state index contributed by atoms with van der Waals surface area (Å²) in [6.45, 7) is 9.02. The third kappa shape index (κ3) is 6.09. The molecule has 0 atom stereocenters. The number of primary amides is 1. The Hall–Kier alpha value is -2.96. The average Bonchev–Trinajstić information content (AvgIpc) is 2.85. The van der Waals surface area contributed by atoms with Crippen LogP contribution in [0.4, 0.5) is 0 Å². The summed E-state index contributed by atoms with van der Waals surface area (Å²) in [6, 6.07) is 15.4. The van der Waals surface area contributed by atoms with Crippen LogP contribution in [0.2, 0.25) is 0 Å². The Morgan fingerprint density at radius 1 is 0.879 bits per heavy atom. The second-order valence-corrected chi connectivity index (χ2v) is 8.31. The molecule has 3 rings (SSSR count). The smallest absolute Gasteiger partial charge is 0.253 e. The molecular weight excluding hydrogens is 414 g/mol. The lowest BCUT2D eigenvalue weighted by molar-refractivity contribution is 0.0772. The van der Waals surface area contributed by atoms with Gasteiger partial charge in [-0.2, -0.15) is 0 Å². The fourth-order valence-corrected chi connectivity index (χ4v) is 4.37. The lowest BCUT2D eigenvalue weighted by Gasteiger charge is -2.30. The number of rotatable bonds is 9. The first-order valence-corrected chi connectivity index (χ1v) is 11.7. The third-order valence-corrected chi connectivity index (χ3v) is 6.35. The second-order valence-electron chi connectivity index (χ2n) is 8.31. The van der Waals surface area contributed by atoms with Crippen molar-refractivity contribution in [3.63, 3.8) is 0 Å². The minimum absolute atomic E-state index is 0.0537. The molecule has 1 fully saturated rings. The number of piperidine rings is 1. The highest BCUT2D eigenvalue weighted by Gasteiger charge is 2.20. The fraction of sp³-hybridized carbons (Fsp3) is 0.407. The van der Waals surface area contributed by atoms with E-state index in [1.807, 2.05) is 55.1 Å². The van der Waals surface area contributed by atoms with Crippen molar-refractivity contribution in [3.8, 4) is 0 Å². The van der Waals surface area contributed by atoms with Crippen LogP contribution < -0.4 is 5.73 Å². The van der Waals surface area contributed by atoms with Gasteiger partial charge in [0.1, 0.15) is 0 Å². The molecule has 0 unspecified atom stereocenters. The molecule has 1 saturated heterocycles. The van der Waals surface area contributed by atoms with Gasteiger partial charge in [0.25, 0.3) is 5.91 Å². The van der Waals surface area contributed by atoms with E-state index in [4.69, 9.17) is 10.5 Å². The quantitative estimate of drug-likeness (QED) is 0.632. The van der Waals surface area contributed by atoms with Crippen LogP contribution in [0.1, 0.15) is 58.5 Å². The molecule has 0 bridgehead atoms. The largest absolute Gasteiger partial charge is 0.383 e. The van der Waals surface area contributed by atoms with Crippen molar-refractivity contribution < 1.29 is 14.3 Å². The normalized spacial score (nSPS) is 14.2. The van der Waals surface area contributed by atoms with Crippen molar-refractivity contribution in [2.45, 2.75) is 26.7 Å². The predicted molar refractivity (Wildman–Crippen MR) is 132 cm³/mol. The monoisotopic (exact) mass is 449 g/mol. The van der Waals surface area contributed by atoms with Gasteiger partial charge in [-0.25, -0.2) is 0 Å². The Morgan fingerprint density at radius 2 is 1.36 bits per heavy atom. The van der Waals surface area contributed by atoms with Crippen molar-refractivity contribution in [2.24, 2.45) is 5.73 Å². The fourth-order valence-electron chi connectivity index (χ4n) is 4.37. The van der Waals surface area contributed by atoms with Crippen molar-refractivity contribution >= 4 is 17.4 Å². The average molecular weight is 450 g/mol. The number of likely N-dealkylation sites (tertiary alicyclic amines) is 1. The number of hydrogen-bond donors (Lipinski definition) is 1. The van der Waals surface area contributed by atoms with Crippen molar-refractivity contribution in [1.29, 1.82) is 0 Å². The molecule has 6 heteroatoms. The number of nitrogens with zero attached hydrogens (tertiary/aromatic N) is 2. The molecule has 0 aromatic heterocycles. The van der Waals surface area contributed by atoms with E-state index >= 15 is 0 Å². The molecule has 0 aliphatic carbocycles. The zero-order valence-electron chi connectivity index (χ0n) is 20.0. The number of carbonyl (C=O) groups is 2. The van der Waals surface area contributed by atoms with Gasteiger partial charge in [-0.05, 0) is 67.7 Å². The summed E-state index contributed by atoms with van der Waals surface area (Å²) in [5.74, 6) is -0.375. The Labute approximate surface area is 197 Å². The maximum Gasteiger partial charge on any atom is 0.253 e. The molecule has 1 aliphatic rings. The molecule has 2 amide bonds. The summed E-state index contributed by atoms with van der Waals surface area (Å²) in [4.78, 5) is 28.5. The molecule has 6 nitrogen and oxygen atoms in total. The summed E-state index contributed by atoms with van der Waals surface area (Å²) >= 11 is 0. The first-order chi connectivity index (χ1) is 16.0. The molecule has 1 heterocycles.